The summed E-state index contributed by atoms with van der Waals surface area (Å²) in [6.07, 6.45) is 1.64. The second-order valence-electron chi connectivity index (χ2n) is 2.99. The number of nitro groups is 1. The van der Waals surface area contributed by atoms with E-state index in [1.165, 1.54) is 12.1 Å². The van der Waals surface area contributed by atoms with Gasteiger partial charge in [0, 0.05) is 24.9 Å². The van der Waals surface area contributed by atoms with E-state index in [4.69, 9.17) is 0 Å². The van der Waals surface area contributed by atoms with E-state index >= 15 is 0 Å². The summed E-state index contributed by atoms with van der Waals surface area (Å²) in [5, 5.41) is 13.4. The molecule has 0 aliphatic rings. The van der Waals surface area contributed by atoms with Crippen molar-refractivity contribution in [2.45, 2.75) is 0 Å². The van der Waals surface area contributed by atoms with Crippen molar-refractivity contribution in [3.8, 4) is 0 Å². The molecule has 0 bridgehead atoms. The van der Waals surface area contributed by atoms with Crippen molar-refractivity contribution in [2.24, 2.45) is 4.99 Å². The molecule has 80 valence electrons. The largest absolute Gasteiger partial charge is 0.318 e. The summed E-state index contributed by atoms with van der Waals surface area (Å²) >= 11 is 0. The van der Waals surface area contributed by atoms with E-state index in [0.717, 1.165) is 12.1 Å². The summed E-state index contributed by atoms with van der Waals surface area (Å²) in [4.78, 5) is 14.2. The lowest BCUT2D eigenvalue weighted by Crippen LogP contribution is -2.10. The molecule has 0 heterocycles. The topological polar surface area (TPSA) is 67.5 Å². The Morgan fingerprint density at radius 1 is 1.60 bits per heavy atom. The van der Waals surface area contributed by atoms with E-state index in [9.17, 15) is 10.1 Å². The zero-order valence-electron chi connectivity index (χ0n) is 8.51. The second-order valence-corrected chi connectivity index (χ2v) is 2.99. The standard InChI is InChI=1S/C10H13N3O2/c1-11-5-6-12-8-9-3-2-4-10(7-9)13(14)15/h2-4,7-8,11H,5-6H2,1H3. The Labute approximate surface area is 88.0 Å². The smallest absolute Gasteiger partial charge is 0.270 e. The maximum atomic E-state index is 10.5. The molecule has 15 heavy (non-hydrogen) atoms. The minimum absolute atomic E-state index is 0.0903. The number of hydrogen-bond acceptors (Lipinski definition) is 4. The predicted molar refractivity (Wildman–Crippen MR) is 59.5 cm³/mol. The molecule has 1 aromatic carbocycles. The SMILES string of the molecule is CNCCN=Cc1cccc([N+](=O)[O-])c1. The Balaban J connectivity index is 2.65. The fourth-order valence-electron chi connectivity index (χ4n) is 1.06. The van der Waals surface area contributed by atoms with Crippen LogP contribution in [0.3, 0.4) is 0 Å². The summed E-state index contributed by atoms with van der Waals surface area (Å²) < 4.78 is 0. The van der Waals surface area contributed by atoms with Gasteiger partial charge < -0.3 is 5.32 Å². The molecule has 0 fully saturated rings. The first-order chi connectivity index (χ1) is 7.24. The highest BCUT2D eigenvalue weighted by atomic mass is 16.6. The molecular formula is C10H13N3O2. The molecular weight excluding hydrogens is 194 g/mol. The lowest BCUT2D eigenvalue weighted by atomic mass is 10.2. The second kappa shape index (κ2) is 5.87. The van der Waals surface area contributed by atoms with Gasteiger partial charge in [-0.2, -0.15) is 0 Å². The van der Waals surface area contributed by atoms with Gasteiger partial charge in [0.1, 0.15) is 0 Å². The quantitative estimate of drug-likeness (QED) is 0.342. The van der Waals surface area contributed by atoms with Crippen LogP contribution in [0, 0.1) is 10.1 Å². The van der Waals surface area contributed by atoms with Gasteiger partial charge in [0.05, 0.1) is 11.5 Å². The van der Waals surface area contributed by atoms with Crippen molar-refractivity contribution >= 4 is 11.9 Å². The van der Waals surface area contributed by atoms with E-state index in [-0.39, 0.29) is 5.69 Å². The van der Waals surface area contributed by atoms with Crippen LogP contribution in [0.1, 0.15) is 5.56 Å². The molecule has 0 aliphatic carbocycles. The van der Waals surface area contributed by atoms with Crippen LogP contribution >= 0.6 is 0 Å². The molecule has 0 unspecified atom stereocenters. The number of benzene rings is 1. The van der Waals surface area contributed by atoms with Crippen LogP contribution in [0.2, 0.25) is 0 Å². The monoisotopic (exact) mass is 207 g/mol. The number of aliphatic imine (C=N–C) groups is 1. The van der Waals surface area contributed by atoms with Gasteiger partial charge in [-0.15, -0.1) is 0 Å². The van der Waals surface area contributed by atoms with Crippen LogP contribution < -0.4 is 5.32 Å². The van der Waals surface area contributed by atoms with Crippen molar-refractivity contribution < 1.29 is 4.92 Å². The molecule has 0 amide bonds. The molecule has 0 aliphatic heterocycles. The molecule has 0 radical (unpaired) electrons. The van der Waals surface area contributed by atoms with Crippen molar-refractivity contribution in [3.05, 3.63) is 39.9 Å². The molecule has 1 rings (SSSR count). The predicted octanol–water partition coefficient (Wildman–Crippen LogP) is 1.23. The third-order valence-electron chi connectivity index (χ3n) is 1.81. The molecule has 5 heteroatoms. The molecule has 0 aromatic heterocycles. The Morgan fingerprint density at radius 2 is 2.40 bits per heavy atom. The molecule has 0 atom stereocenters. The summed E-state index contributed by atoms with van der Waals surface area (Å²) in [5.74, 6) is 0. The fraction of sp³-hybridized carbons (Fsp3) is 0.300. The van der Waals surface area contributed by atoms with Crippen molar-refractivity contribution in [3.63, 3.8) is 0 Å². The minimum atomic E-state index is -0.412. The fourth-order valence-corrected chi connectivity index (χ4v) is 1.06. The van der Waals surface area contributed by atoms with E-state index in [2.05, 4.69) is 10.3 Å². The number of nitrogens with zero attached hydrogens (tertiary/aromatic N) is 2. The lowest BCUT2D eigenvalue weighted by molar-refractivity contribution is -0.384. The highest BCUT2D eigenvalue weighted by Gasteiger charge is 2.03. The van der Waals surface area contributed by atoms with Crippen molar-refractivity contribution in [2.75, 3.05) is 20.1 Å². The van der Waals surface area contributed by atoms with Crippen LogP contribution in [-0.4, -0.2) is 31.3 Å². The average Bonchev–Trinajstić information content (AvgIpc) is 2.25. The maximum Gasteiger partial charge on any atom is 0.270 e. The molecule has 1 N–H and O–H groups in total. The van der Waals surface area contributed by atoms with Gasteiger partial charge in [0.25, 0.3) is 5.69 Å². The van der Waals surface area contributed by atoms with Crippen LogP contribution in [0.4, 0.5) is 5.69 Å². The highest BCUT2D eigenvalue weighted by molar-refractivity contribution is 5.80. The van der Waals surface area contributed by atoms with Gasteiger partial charge >= 0.3 is 0 Å². The Bertz CT molecular complexity index is 363. The van der Waals surface area contributed by atoms with Crippen LogP contribution in [0.25, 0.3) is 0 Å². The lowest BCUT2D eigenvalue weighted by Gasteiger charge is -1.94. The first kappa shape index (κ1) is 11.3. The van der Waals surface area contributed by atoms with Gasteiger partial charge in [0.15, 0.2) is 0 Å². The van der Waals surface area contributed by atoms with Gasteiger partial charge in [0.2, 0.25) is 0 Å². The first-order valence-corrected chi connectivity index (χ1v) is 4.63. The number of nitro benzene ring substituents is 1. The van der Waals surface area contributed by atoms with Crippen molar-refractivity contribution in [1.29, 1.82) is 0 Å². The molecule has 0 saturated heterocycles. The van der Waals surface area contributed by atoms with Gasteiger partial charge in [-0.25, -0.2) is 0 Å². The number of nitrogens with one attached hydrogen (secondary N) is 1. The third kappa shape index (κ3) is 3.86. The first-order valence-electron chi connectivity index (χ1n) is 4.63. The van der Waals surface area contributed by atoms with E-state index in [1.54, 1.807) is 18.3 Å². The van der Waals surface area contributed by atoms with Crippen LogP contribution in [-0.2, 0) is 0 Å². The number of likely N-dealkylation sites (N-methyl/N-ethyl adjacent to an activating group) is 1. The minimum Gasteiger partial charge on any atom is -0.318 e. The third-order valence-corrected chi connectivity index (χ3v) is 1.81. The van der Waals surface area contributed by atoms with Gasteiger partial charge in [-0.05, 0) is 12.6 Å². The highest BCUT2D eigenvalue weighted by Crippen LogP contribution is 2.11. The van der Waals surface area contributed by atoms with Crippen LogP contribution in [0.5, 0.6) is 0 Å². The molecule has 0 spiro atoms. The summed E-state index contributed by atoms with van der Waals surface area (Å²) in [6, 6.07) is 6.40. The van der Waals surface area contributed by atoms with E-state index < -0.39 is 4.92 Å². The Hall–Kier alpha value is -1.75. The number of non-ortho nitro benzene ring substituents is 1. The van der Waals surface area contributed by atoms with Crippen molar-refractivity contribution in [1.82, 2.24) is 5.32 Å². The maximum absolute atomic E-state index is 10.5. The average molecular weight is 207 g/mol. The summed E-state index contributed by atoms with van der Waals surface area (Å²) in [7, 11) is 1.85. The zero-order valence-corrected chi connectivity index (χ0v) is 8.51. The Morgan fingerprint density at radius 3 is 3.07 bits per heavy atom. The summed E-state index contributed by atoms with van der Waals surface area (Å²) in [5.41, 5.74) is 0.841. The van der Waals surface area contributed by atoms with Gasteiger partial charge in [-0.3, -0.25) is 15.1 Å². The molecule has 0 saturated carbocycles. The van der Waals surface area contributed by atoms with E-state index in [1.807, 2.05) is 7.05 Å². The molecule has 1 aromatic rings. The molecule has 5 nitrogen and oxygen atoms in total. The van der Waals surface area contributed by atoms with E-state index in [0.29, 0.717) is 6.54 Å². The van der Waals surface area contributed by atoms with Crippen LogP contribution in [0.15, 0.2) is 29.3 Å². The summed E-state index contributed by atoms with van der Waals surface area (Å²) in [6.45, 7) is 1.46. The Kier molecular flexibility index (Phi) is 4.43. The number of rotatable bonds is 5. The van der Waals surface area contributed by atoms with Gasteiger partial charge in [-0.1, -0.05) is 12.1 Å². The normalized spacial score (nSPS) is 10.7. The zero-order chi connectivity index (χ0) is 11.1. The number of hydrogen-bond donors (Lipinski definition) is 1.